The minimum atomic E-state index is 0.131. The van der Waals surface area contributed by atoms with Crippen molar-refractivity contribution in [3.63, 3.8) is 0 Å². The minimum absolute atomic E-state index is 0.131. The van der Waals surface area contributed by atoms with Crippen LogP contribution >= 0.6 is 15.9 Å². The van der Waals surface area contributed by atoms with E-state index in [1.54, 1.807) is 0 Å². The average Bonchev–Trinajstić information content (AvgIpc) is 2.81. The van der Waals surface area contributed by atoms with Crippen molar-refractivity contribution < 1.29 is 4.42 Å². The van der Waals surface area contributed by atoms with Crippen LogP contribution in [0.4, 0.5) is 0 Å². The van der Waals surface area contributed by atoms with Crippen LogP contribution in [0.15, 0.2) is 45.5 Å². The Hall–Kier alpha value is -1.06. The maximum absolute atomic E-state index is 5.75. The van der Waals surface area contributed by atoms with Crippen LogP contribution < -0.4 is 5.32 Å². The molecular weight excluding hydrogens is 314 g/mol. The molecule has 20 heavy (non-hydrogen) atoms. The lowest BCUT2D eigenvalue weighted by molar-refractivity contribution is 0.417. The molecule has 1 unspecified atom stereocenters. The number of halogens is 1. The molecular formula is C17H20BrNO. The molecule has 3 heteroatoms. The van der Waals surface area contributed by atoms with Gasteiger partial charge in [0.15, 0.2) is 4.67 Å². The summed E-state index contributed by atoms with van der Waals surface area (Å²) in [7, 11) is 0. The quantitative estimate of drug-likeness (QED) is 0.832. The normalized spacial score (nSPS) is 16.9. The van der Waals surface area contributed by atoms with Crippen LogP contribution in [0.5, 0.6) is 0 Å². The number of benzene rings is 1. The zero-order valence-corrected chi connectivity index (χ0v) is 13.3. The Bertz CT molecular complexity index is 574. The lowest BCUT2D eigenvalue weighted by atomic mass is 9.79. The smallest absolute Gasteiger partial charge is 0.169 e. The SMILES string of the molecule is CCNC(c1cccc(C2CCC2)c1)c1ccc(Br)o1. The first-order valence-corrected chi connectivity index (χ1v) is 8.15. The second-order valence-electron chi connectivity index (χ2n) is 5.43. The Morgan fingerprint density at radius 3 is 2.75 bits per heavy atom. The Morgan fingerprint density at radius 1 is 1.30 bits per heavy atom. The molecule has 0 amide bonds. The van der Waals surface area contributed by atoms with Crippen molar-refractivity contribution in [2.75, 3.05) is 6.54 Å². The molecule has 1 atom stereocenters. The van der Waals surface area contributed by atoms with E-state index in [-0.39, 0.29) is 6.04 Å². The molecule has 0 saturated heterocycles. The van der Waals surface area contributed by atoms with Crippen LogP contribution in [0, 0.1) is 0 Å². The number of hydrogen-bond donors (Lipinski definition) is 1. The molecule has 0 spiro atoms. The highest BCUT2D eigenvalue weighted by molar-refractivity contribution is 9.10. The summed E-state index contributed by atoms with van der Waals surface area (Å²) in [5.74, 6) is 1.73. The van der Waals surface area contributed by atoms with Gasteiger partial charge in [0.05, 0.1) is 6.04 Å². The summed E-state index contributed by atoms with van der Waals surface area (Å²) in [5, 5.41) is 3.52. The van der Waals surface area contributed by atoms with Crippen molar-refractivity contribution in [3.8, 4) is 0 Å². The summed E-state index contributed by atoms with van der Waals surface area (Å²) in [6, 6.07) is 13.1. The van der Waals surface area contributed by atoms with Crippen molar-refractivity contribution in [1.29, 1.82) is 0 Å². The summed E-state index contributed by atoms with van der Waals surface area (Å²) in [6.07, 6.45) is 4.04. The maximum Gasteiger partial charge on any atom is 0.169 e. The zero-order valence-electron chi connectivity index (χ0n) is 11.7. The van der Waals surface area contributed by atoms with Crippen molar-refractivity contribution in [3.05, 3.63) is 58.0 Å². The van der Waals surface area contributed by atoms with Gasteiger partial charge in [-0.15, -0.1) is 0 Å². The summed E-state index contributed by atoms with van der Waals surface area (Å²) in [6.45, 7) is 3.04. The second-order valence-corrected chi connectivity index (χ2v) is 6.21. The highest BCUT2D eigenvalue weighted by atomic mass is 79.9. The maximum atomic E-state index is 5.75. The van der Waals surface area contributed by atoms with Gasteiger partial charge in [0, 0.05) is 0 Å². The Balaban J connectivity index is 1.90. The molecule has 0 aliphatic heterocycles. The van der Waals surface area contributed by atoms with Gasteiger partial charge in [0.2, 0.25) is 0 Å². The van der Waals surface area contributed by atoms with Gasteiger partial charge in [-0.1, -0.05) is 37.6 Å². The molecule has 1 aliphatic rings. The van der Waals surface area contributed by atoms with Crippen molar-refractivity contribution >= 4 is 15.9 Å². The van der Waals surface area contributed by atoms with E-state index in [0.717, 1.165) is 22.9 Å². The average molecular weight is 334 g/mol. The van der Waals surface area contributed by atoms with E-state index in [1.807, 2.05) is 12.1 Å². The summed E-state index contributed by atoms with van der Waals surface area (Å²) in [5.41, 5.74) is 2.76. The van der Waals surface area contributed by atoms with Crippen molar-refractivity contribution in [2.45, 2.75) is 38.1 Å². The van der Waals surface area contributed by atoms with E-state index in [1.165, 1.54) is 30.4 Å². The Labute approximate surface area is 128 Å². The van der Waals surface area contributed by atoms with E-state index < -0.39 is 0 Å². The van der Waals surface area contributed by atoms with Crippen LogP contribution in [0.1, 0.15) is 55.0 Å². The van der Waals surface area contributed by atoms with Crippen LogP contribution in [-0.2, 0) is 0 Å². The monoisotopic (exact) mass is 333 g/mol. The lowest BCUT2D eigenvalue weighted by Gasteiger charge is -2.27. The van der Waals surface area contributed by atoms with Gasteiger partial charge in [0.1, 0.15) is 5.76 Å². The second kappa shape index (κ2) is 6.15. The van der Waals surface area contributed by atoms with Crippen molar-refractivity contribution in [2.24, 2.45) is 0 Å². The highest BCUT2D eigenvalue weighted by Gasteiger charge is 2.22. The number of furan rings is 1. The summed E-state index contributed by atoms with van der Waals surface area (Å²) >= 11 is 3.39. The fourth-order valence-electron chi connectivity index (χ4n) is 2.80. The predicted molar refractivity (Wildman–Crippen MR) is 85.0 cm³/mol. The Morgan fingerprint density at radius 2 is 2.15 bits per heavy atom. The van der Waals surface area contributed by atoms with Crippen LogP contribution in [0.2, 0.25) is 0 Å². The van der Waals surface area contributed by atoms with Crippen LogP contribution in [0.3, 0.4) is 0 Å². The first-order valence-electron chi connectivity index (χ1n) is 7.36. The van der Waals surface area contributed by atoms with E-state index in [4.69, 9.17) is 4.42 Å². The molecule has 1 aromatic carbocycles. The van der Waals surface area contributed by atoms with E-state index in [0.29, 0.717) is 0 Å². The molecule has 2 aromatic rings. The van der Waals surface area contributed by atoms with Gasteiger partial charge in [-0.05, 0) is 64.5 Å². The highest BCUT2D eigenvalue weighted by Crippen LogP contribution is 2.37. The van der Waals surface area contributed by atoms with E-state index >= 15 is 0 Å². The molecule has 1 saturated carbocycles. The number of rotatable bonds is 5. The van der Waals surface area contributed by atoms with Gasteiger partial charge < -0.3 is 9.73 Å². The van der Waals surface area contributed by atoms with Gasteiger partial charge in [-0.3, -0.25) is 0 Å². The molecule has 1 N–H and O–H groups in total. The fraction of sp³-hybridized carbons (Fsp3) is 0.412. The molecule has 1 aromatic heterocycles. The van der Waals surface area contributed by atoms with E-state index in [9.17, 15) is 0 Å². The predicted octanol–water partition coefficient (Wildman–Crippen LogP) is 5.01. The van der Waals surface area contributed by atoms with E-state index in [2.05, 4.69) is 52.4 Å². The lowest BCUT2D eigenvalue weighted by Crippen LogP contribution is -2.22. The van der Waals surface area contributed by atoms with Gasteiger partial charge in [0.25, 0.3) is 0 Å². The third kappa shape index (κ3) is 2.84. The zero-order chi connectivity index (χ0) is 13.9. The molecule has 0 bridgehead atoms. The van der Waals surface area contributed by atoms with Crippen LogP contribution in [-0.4, -0.2) is 6.54 Å². The molecule has 2 nitrogen and oxygen atoms in total. The molecule has 0 radical (unpaired) electrons. The molecule has 3 rings (SSSR count). The first-order chi connectivity index (χ1) is 9.78. The molecule has 106 valence electrons. The standard InChI is InChI=1S/C17H20BrNO/c1-2-19-17(15-9-10-16(18)20-15)14-8-4-7-13(11-14)12-5-3-6-12/h4,7-12,17,19H,2-3,5-6H2,1H3. The first kappa shape index (κ1) is 13.9. The fourth-order valence-corrected chi connectivity index (χ4v) is 3.12. The summed E-state index contributed by atoms with van der Waals surface area (Å²) < 4.78 is 6.53. The molecule has 1 heterocycles. The number of nitrogens with one attached hydrogen (secondary N) is 1. The minimum Gasteiger partial charge on any atom is -0.452 e. The molecule has 1 fully saturated rings. The van der Waals surface area contributed by atoms with Crippen molar-refractivity contribution in [1.82, 2.24) is 5.32 Å². The summed E-state index contributed by atoms with van der Waals surface area (Å²) in [4.78, 5) is 0. The third-order valence-corrected chi connectivity index (χ3v) is 4.53. The Kier molecular flexibility index (Phi) is 4.27. The van der Waals surface area contributed by atoms with Gasteiger partial charge in [-0.2, -0.15) is 0 Å². The largest absolute Gasteiger partial charge is 0.452 e. The van der Waals surface area contributed by atoms with Crippen LogP contribution in [0.25, 0.3) is 0 Å². The van der Waals surface area contributed by atoms with Gasteiger partial charge in [-0.25, -0.2) is 0 Å². The molecule has 1 aliphatic carbocycles. The third-order valence-electron chi connectivity index (χ3n) is 4.11. The van der Waals surface area contributed by atoms with Gasteiger partial charge >= 0.3 is 0 Å². The number of hydrogen-bond acceptors (Lipinski definition) is 2. The topological polar surface area (TPSA) is 25.2 Å².